The van der Waals surface area contributed by atoms with Crippen LogP contribution in [0.3, 0.4) is 0 Å². The number of nitrogens with zero attached hydrogens (tertiary/aromatic N) is 1. The monoisotopic (exact) mass is 268 g/mol. The summed E-state index contributed by atoms with van der Waals surface area (Å²) in [6.45, 7) is 9.54. The van der Waals surface area contributed by atoms with Gasteiger partial charge in [0.05, 0.1) is 5.60 Å². The van der Waals surface area contributed by atoms with Crippen molar-refractivity contribution >= 4 is 0 Å². The van der Waals surface area contributed by atoms with Crippen molar-refractivity contribution in [3.63, 3.8) is 0 Å². The van der Waals surface area contributed by atoms with Gasteiger partial charge in [-0.1, -0.05) is 6.92 Å². The first-order valence-corrected chi connectivity index (χ1v) is 8.20. The van der Waals surface area contributed by atoms with Crippen LogP contribution >= 0.6 is 0 Å². The van der Waals surface area contributed by atoms with Gasteiger partial charge in [0, 0.05) is 26.2 Å². The molecule has 3 nitrogen and oxygen atoms in total. The summed E-state index contributed by atoms with van der Waals surface area (Å²) in [5.74, 6) is 0.814. The molecule has 3 heteroatoms. The Morgan fingerprint density at radius 2 is 2.16 bits per heavy atom. The summed E-state index contributed by atoms with van der Waals surface area (Å²) < 4.78 is 5.70. The molecule has 2 aliphatic rings. The molecule has 0 amide bonds. The van der Waals surface area contributed by atoms with Crippen molar-refractivity contribution in [1.29, 1.82) is 0 Å². The predicted octanol–water partition coefficient (Wildman–Crippen LogP) is 2.66. The lowest BCUT2D eigenvalue weighted by atomic mass is 9.79. The lowest BCUT2D eigenvalue weighted by Crippen LogP contribution is -2.52. The van der Waals surface area contributed by atoms with Crippen LogP contribution in [0, 0.1) is 5.92 Å². The second kappa shape index (κ2) is 7.05. The van der Waals surface area contributed by atoms with Gasteiger partial charge in [-0.2, -0.15) is 0 Å². The first-order valence-electron chi connectivity index (χ1n) is 8.20. The molecule has 2 rings (SSSR count). The molecule has 0 aromatic heterocycles. The van der Waals surface area contributed by atoms with Crippen molar-refractivity contribution in [2.45, 2.75) is 64.0 Å². The Hall–Kier alpha value is -0.120. The molecule has 0 spiro atoms. The van der Waals surface area contributed by atoms with Gasteiger partial charge in [-0.25, -0.2) is 0 Å². The van der Waals surface area contributed by atoms with Crippen LogP contribution in [0.4, 0.5) is 0 Å². The number of hydrogen-bond donors (Lipinski definition) is 1. The molecular weight excluding hydrogens is 236 g/mol. The SMILES string of the molecule is CCCN1CCCC(C(C)NCC2(OC)CCC2)C1. The van der Waals surface area contributed by atoms with Crippen LogP contribution in [0.1, 0.15) is 52.4 Å². The van der Waals surface area contributed by atoms with Gasteiger partial charge in [-0.3, -0.25) is 0 Å². The zero-order valence-electron chi connectivity index (χ0n) is 13.1. The number of likely N-dealkylation sites (tertiary alicyclic amines) is 1. The average Bonchev–Trinajstić information content (AvgIpc) is 2.38. The molecule has 0 bridgehead atoms. The molecule has 1 saturated carbocycles. The lowest BCUT2D eigenvalue weighted by molar-refractivity contribution is -0.0719. The molecule has 0 radical (unpaired) electrons. The quantitative estimate of drug-likeness (QED) is 0.768. The van der Waals surface area contributed by atoms with Crippen molar-refractivity contribution in [3.05, 3.63) is 0 Å². The van der Waals surface area contributed by atoms with E-state index in [2.05, 4.69) is 24.1 Å². The van der Waals surface area contributed by atoms with Gasteiger partial charge in [-0.05, 0) is 64.5 Å². The summed E-state index contributed by atoms with van der Waals surface area (Å²) >= 11 is 0. The summed E-state index contributed by atoms with van der Waals surface area (Å²) in [7, 11) is 1.87. The van der Waals surface area contributed by atoms with E-state index in [1.807, 2.05) is 7.11 Å². The third-order valence-electron chi connectivity index (χ3n) is 5.23. The fraction of sp³-hybridized carbons (Fsp3) is 1.00. The standard InChI is InChI=1S/C16H32N2O/c1-4-10-18-11-5-7-15(12-18)14(2)17-13-16(19-3)8-6-9-16/h14-15,17H,4-13H2,1-3H3. The van der Waals surface area contributed by atoms with Crippen LogP contribution in [0.25, 0.3) is 0 Å². The number of ether oxygens (including phenoxy) is 1. The number of hydrogen-bond acceptors (Lipinski definition) is 3. The van der Waals surface area contributed by atoms with E-state index >= 15 is 0 Å². The highest BCUT2D eigenvalue weighted by Gasteiger charge is 2.37. The van der Waals surface area contributed by atoms with Crippen LogP contribution in [0.15, 0.2) is 0 Å². The molecule has 2 unspecified atom stereocenters. The van der Waals surface area contributed by atoms with E-state index < -0.39 is 0 Å². The average molecular weight is 268 g/mol. The molecule has 19 heavy (non-hydrogen) atoms. The van der Waals surface area contributed by atoms with E-state index in [4.69, 9.17) is 4.74 Å². The Bertz CT molecular complexity index is 258. The van der Waals surface area contributed by atoms with Crippen molar-refractivity contribution in [1.82, 2.24) is 10.2 Å². The molecule has 2 fully saturated rings. The second-order valence-electron chi connectivity index (χ2n) is 6.61. The Morgan fingerprint density at radius 1 is 1.37 bits per heavy atom. The summed E-state index contributed by atoms with van der Waals surface area (Å²) in [5, 5.41) is 3.76. The second-order valence-corrected chi connectivity index (χ2v) is 6.61. The fourth-order valence-electron chi connectivity index (χ4n) is 3.56. The van der Waals surface area contributed by atoms with Crippen molar-refractivity contribution in [2.75, 3.05) is 33.3 Å². The van der Waals surface area contributed by atoms with Crippen LogP contribution < -0.4 is 5.32 Å². The maximum atomic E-state index is 5.70. The normalized spacial score (nSPS) is 28.9. The van der Waals surface area contributed by atoms with Gasteiger partial charge < -0.3 is 15.0 Å². The topological polar surface area (TPSA) is 24.5 Å². The zero-order valence-corrected chi connectivity index (χ0v) is 13.1. The van der Waals surface area contributed by atoms with E-state index in [1.165, 1.54) is 58.2 Å². The molecule has 1 aliphatic carbocycles. The highest BCUT2D eigenvalue weighted by atomic mass is 16.5. The molecular formula is C16H32N2O. The van der Waals surface area contributed by atoms with Gasteiger partial charge in [0.25, 0.3) is 0 Å². The molecule has 1 aliphatic heterocycles. The van der Waals surface area contributed by atoms with Crippen molar-refractivity contribution < 1.29 is 4.74 Å². The van der Waals surface area contributed by atoms with E-state index in [0.717, 1.165) is 12.5 Å². The predicted molar refractivity (Wildman–Crippen MR) is 80.5 cm³/mol. The van der Waals surface area contributed by atoms with Crippen LogP contribution in [-0.2, 0) is 4.74 Å². The van der Waals surface area contributed by atoms with Crippen molar-refractivity contribution in [2.24, 2.45) is 5.92 Å². The molecule has 1 N–H and O–H groups in total. The number of piperidine rings is 1. The van der Waals surface area contributed by atoms with Crippen LogP contribution in [0.5, 0.6) is 0 Å². The van der Waals surface area contributed by atoms with Crippen LogP contribution in [0.2, 0.25) is 0 Å². The minimum absolute atomic E-state index is 0.159. The number of nitrogens with one attached hydrogen (secondary N) is 1. The minimum atomic E-state index is 0.159. The Morgan fingerprint density at radius 3 is 2.74 bits per heavy atom. The van der Waals surface area contributed by atoms with E-state index in [1.54, 1.807) is 0 Å². The first kappa shape index (κ1) is 15.3. The van der Waals surface area contributed by atoms with E-state index in [9.17, 15) is 0 Å². The Balaban J connectivity index is 1.74. The summed E-state index contributed by atoms with van der Waals surface area (Å²) in [6, 6.07) is 0.618. The summed E-state index contributed by atoms with van der Waals surface area (Å²) in [5.41, 5.74) is 0.159. The highest BCUT2D eigenvalue weighted by molar-refractivity contribution is 4.93. The molecule has 1 heterocycles. The third-order valence-corrected chi connectivity index (χ3v) is 5.23. The van der Waals surface area contributed by atoms with Gasteiger partial charge in [0.2, 0.25) is 0 Å². The summed E-state index contributed by atoms with van der Waals surface area (Å²) in [4.78, 5) is 2.64. The van der Waals surface area contributed by atoms with Crippen LogP contribution in [-0.4, -0.2) is 49.8 Å². The van der Waals surface area contributed by atoms with Gasteiger partial charge >= 0.3 is 0 Å². The molecule has 1 saturated heterocycles. The maximum absolute atomic E-state index is 5.70. The first-order chi connectivity index (χ1) is 9.19. The number of rotatable bonds is 7. The minimum Gasteiger partial charge on any atom is -0.377 e. The van der Waals surface area contributed by atoms with Gasteiger partial charge in [-0.15, -0.1) is 0 Å². The molecule has 0 aromatic rings. The van der Waals surface area contributed by atoms with Gasteiger partial charge in [0.1, 0.15) is 0 Å². The van der Waals surface area contributed by atoms with Gasteiger partial charge in [0.15, 0.2) is 0 Å². The smallest absolute Gasteiger partial charge is 0.0802 e. The fourth-order valence-corrected chi connectivity index (χ4v) is 3.56. The lowest BCUT2D eigenvalue weighted by Gasteiger charge is -2.43. The Labute approximate surface area is 119 Å². The highest BCUT2D eigenvalue weighted by Crippen LogP contribution is 2.34. The third kappa shape index (κ3) is 3.93. The number of methoxy groups -OCH3 is 1. The molecule has 112 valence electrons. The van der Waals surface area contributed by atoms with E-state index in [0.29, 0.717) is 6.04 Å². The molecule has 0 aromatic carbocycles. The largest absolute Gasteiger partial charge is 0.377 e. The Kier molecular flexibility index (Phi) is 5.67. The van der Waals surface area contributed by atoms with E-state index in [-0.39, 0.29) is 5.60 Å². The molecule has 2 atom stereocenters. The van der Waals surface area contributed by atoms with Crippen molar-refractivity contribution in [3.8, 4) is 0 Å². The zero-order chi connectivity index (χ0) is 13.7. The maximum Gasteiger partial charge on any atom is 0.0802 e. The summed E-state index contributed by atoms with van der Waals surface area (Å²) in [6.07, 6.45) is 7.82.